The Morgan fingerprint density at radius 2 is 1.91 bits per heavy atom. The second kappa shape index (κ2) is 8.31. The molecule has 0 bridgehead atoms. The number of aryl methyl sites for hydroxylation is 2. The number of ether oxygens (including phenoxy) is 2. The fraction of sp³-hybridized carbons (Fsp3) is 0.160. The Hall–Kier alpha value is -4.33. The Kier molecular flexibility index (Phi) is 5.18. The number of oxazole rings is 1. The second-order valence-corrected chi connectivity index (χ2v) is 7.59. The second-order valence-electron chi connectivity index (χ2n) is 7.59. The molecule has 8 heteroatoms. The smallest absolute Gasteiger partial charge is 0.181 e. The van der Waals surface area contributed by atoms with Crippen molar-refractivity contribution >= 4 is 17.0 Å². The summed E-state index contributed by atoms with van der Waals surface area (Å²) < 4.78 is 18.5. The summed E-state index contributed by atoms with van der Waals surface area (Å²) in [5, 5.41) is 3.43. The lowest BCUT2D eigenvalue weighted by atomic mass is 10.1. The minimum absolute atomic E-state index is 0.677. The van der Waals surface area contributed by atoms with Crippen LogP contribution in [0, 0.1) is 13.8 Å². The van der Waals surface area contributed by atoms with Crippen LogP contribution in [0.1, 0.15) is 11.4 Å². The predicted octanol–water partition coefficient (Wildman–Crippen LogP) is 5.43. The highest BCUT2D eigenvalue weighted by molar-refractivity contribution is 5.79. The minimum atomic E-state index is 0.677. The average Bonchev–Trinajstić information content (AvgIpc) is 3.42. The van der Waals surface area contributed by atoms with Crippen LogP contribution in [0.25, 0.3) is 28.2 Å². The maximum absolute atomic E-state index is 5.62. The zero-order valence-electron chi connectivity index (χ0n) is 18.8. The van der Waals surface area contributed by atoms with E-state index in [0.29, 0.717) is 11.5 Å². The van der Waals surface area contributed by atoms with Crippen LogP contribution in [0.2, 0.25) is 0 Å². The number of anilines is 2. The first-order chi connectivity index (χ1) is 16.1. The van der Waals surface area contributed by atoms with Gasteiger partial charge in [-0.2, -0.15) is 0 Å². The molecule has 5 aromatic rings. The van der Waals surface area contributed by atoms with Gasteiger partial charge in [-0.25, -0.2) is 15.0 Å². The van der Waals surface area contributed by atoms with Crippen LogP contribution < -0.4 is 14.8 Å². The molecule has 0 amide bonds. The van der Waals surface area contributed by atoms with Crippen LogP contribution in [0.4, 0.5) is 11.4 Å². The number of nitrogens with one attached hydrogen (secondary N) is 1. The van der Waals surface area contributed by atoms with Gasteiger partial charge in [0.2, 0.25) is 0 Å². The number of methoxy groups -OCH3 is 2. The fourth-order valence-corrected chi connectivity index (χ4v) is 3.88. The van der Waals surface area contributed by atoms with E-state index in [0.717, 1.165) is 51.0 Å². The van der Waals surface area contributed by atoms with Crippen LogP contribution in [0.15, 0.2) is 65.8 Å². The molecule has 1 N–H and O–H groups in total. The van der Waals surface area contributed by atoms with Gasteiger partial charge in [-0.1, -0.05) is 12.1 Å². The number of benzene rings is 2. The molecule has 0 aliphatic rings. The van der Waals surface area contributed by atoms with Crippen molar-refractivity contribution in [2.75, 3.05) is 19.5 Å². The Bertz CT molecular complexity index is 1450. The molecule has 5 rings (SSSR count). The van der Waals surface area contributed by atoms with Crippen LogP contribution in [0.5, 0.6) is 11.5 Å². The van der Waals surface area contributed by atoms with Crippen LogP contribution in [-0.2, 0) is 0 Å². The maximum Gasteiger partial charge on any atom is 0.181 e. The third-order valence-corrected chi connectivity index (χ3v) is 5.59. The van der Waals surface area contributed by atoms with Gasteiger partial charge in [0.1, 0.15) is 23.5 Å². The average molecular weight is 441 g/mol. The summed E-state index contributed by atoms with van der Waals surface area (Å²) in [5.74, 6) is 2.15. The summed E-state index contributed by atoms with van der Waals surface area (Å²) in [6.07, 6.45) is 4.96. The summed E-state index contributed by atoms with van der Waals surface area (Å²) in [5.41, 5.74) is 6.88. The maximum atomic E-state index is 5.62. The molecule has 0 radical (unpaired) electrons. The van der Waals surface area contributed by atoms with E-state index in [1.807, 2.05) is 60.7 Å². The van der Waals surface area contributed by atoms with Crippen molar-refractivity contribution in [1.82, 2.24) is 19.4 Å². The normalized spacial score (nSPS) is 11.0. The predicted molar refractivity (Wildman–Crippen MR) is 126 cm³/mol. The van der Waals surface area contributed by atoms with E-state index in [1.165, 1.54) is 6.39 Å². The van der Waals surface area contributed by atoms with E-state index >= 15 is 0 Å². The van der Waals surface area contributed by atoms with Gasteiger partial charge in [-0.15, -0.1) is 0 Å². The Labute approximate surface area is 190 Å². The lowest BCUT2D eigenvalue weighted by Gasteiger charge is -2.12. The highest BCUT2D eigenvalue weighted by Gasteiger charge is 2.16. The summed E-state index contributed by atoms with van der Waals surface area (Å²) >= 11 is 0. The van der Waals surface area contributed by atoms with Gasteiger partial charge in [-0.05, 0) is 38.1 Å². The van der Waals surface area contributed by atoms with Crippen LogP contribution in [-0.4, -0.2) is 33.6 Å². The van der Waals surface area contributed by atoms with Crippen LogP contribution >= 0.6 is 0 Å². The molecule has 2 aromatic carbocycles. The molecule has 0 atom stereocenters. The third kappa shape index (κ3) is 3.65. The molecule has 166 valence electrons. The number of imidazole rings is 1. The highest BCUT2D eigenvalue weighted by atomic mass is 16.5. The third-order valence-electron chi connectivity index (χ3n) is 5.59. The standard InChI is InChI=1S/C25H23N5O3/c1-15-24(33-14-27-15)20-9-8-18(11-22(20)32-4)28-21-12-26-13-30-16(2)23(29-25(21)30)17-6-5-7-19(10-17)31-3/h5-14,28H,1-4H3. The highest BCUT2D eigenvalue weighted by Crippen LogP contribution is 2.36. The number of hydrogen-bond acceptors (Lipinski definition) is 7. The molecule has 0 aliphatic heterocycles. The number of rotatable bonds is 6. The molecule has 0 spiro atoms. The molecular formula is C25H23N5O3. The lowest BCUT2D eigenvalue weighted by Crippen LogP contribution is -1.98. The van der Waals surface area contributed by atoms with Gasteiger partial charge in [0, 0.05) is 23.0 Å². The van der Waals surface area contributed by atoms with E-state index in [9.17, 15) is 0 Å². The minimum Gasteiger partial charge on any atom is -0.497 e. The molecule has 3 aromatic heterocycles. The van der Waals surface area contributed by atoms with E-state index in [2.05, 4.69) is 15.3 Å². The summed E-state index contributed by atoms with van der Waals surface area (Å²) in [6, 6.07) is 13.7. The first-order valence-corrected chi connectivity index (χ1v) is 10.4. The molecular weight excluding hydrogens is 418 g/mol. The van der Waals surface area contributed by atoms with Crippen molar-refractivity contribution in [1.29, 1.82) is 0 Å². The van der Waals surface area contributed by atoms with E-state index in [1.54, 1.807) is 26.7 Å². The van der Waals surface area contributed by atoms with Gasteiger partial charge in [0.15, 0.2) is 17.8 Å². The molecule has 0 fully saturated rings. The van der Waals surface area contributed by atoms with Gasteiger partial charge in [0.05, 0.1) is 37.4 Å². The quantitative estimate of drug-likeness (QED) is 0.376. The van der Waals surface area contributed by atoms with Gasteiger partial charge < -0.3 is 19.2 Å². The van der Waals surface area contributed by atoms with E-state index in [4.69, 9.17) is 18.9 Å². The number of nitrogens with zero attached hydrogens (tertiary/aromatic N) is 4. The zero-order chi connectivity index (χ0) is 22.9. The summed E-state index contributed by atoms with van der Waals surface area (Å²) in [6.45, 7) is 3.93. The van der Waals surface area contributed by atoms with Crippen molar-refractivity contribution in [3.63, 3.8) is 0 Å². The molecule has 8 nitrogen and oxygen atoms in total. The Morgan fingerprint density at radius 1 is 1.03 bits per heavy atom. The number of hydrogen-bond donors (Lipinski definition) is 1. The topological polar surface area (TPSA) is 86.7 Å². The SMILES string of the molecule is COc1cccc(-c2nc3c(Nc4ccc(-c5ocnc5C)c(OC)c4)cncn3c2C)c1. The fourth-order valence-electron chi connectivity index (χ4n) is 3.88. The van der Waals surface area contributed by atoms with Crippen molar-refractivity contribution in [3.8, 4) is 34.1 Å². The molecule has 33 heavy (non-hydrogen) atoms. The monoisotopic (exact) mass is 441 g/mol. The number of aromatic nitrogens is 4. The van der Waals surface area contributed by atoms with Crippen molar-refractivity contribution in [2.24, 2.45) is 0 Å². The van der Waals surface area contributed by atoms with Gasteiger partial charge in [0.25, 0.3) is 0 Å². The first-order valence-electron chi connectivity index (χ1n) is 10.4. The lowest BCUT2D eigenvalue weighted by molar-refractivity contribution is 0.414. The largest absolute Gasteiger partial charge is 0.497 e. The molecule has 3 heterocycles. The van der Waals surface area contributed by atoms with Crippen molar-refractivity contribution < 1.29 is 13.9 Å². The van der Waals surface area contributed by atoms with Gasteiger partial charge in [-0.3, -0.25) is 4.40 Å². The molecule has 0 unspecified atom stereocenters. The first kappa shape index (κ1) is 20.6. The van der Waals surface area contributed by atoms with E-state index < -0.39 is 0 Å². The zero-order valence-corrected chi connectivity index (χ0v) is 18.8. The van der Waals surface area contributed by atoms with E-state index in [-0.39, 0.29) is 0 Å². The number of fused-ring (bicyclic) bond motifs is 1. The van der Waals surface area contributed by atoms with Crippen molar-refractivity contribution in [2.45, 2.75) is 13.8 Å². The molecule has 0 saturated heterocycles. The summed E-state index contributed by atoms with van der Waals surface area (Å²) in [4.78, 5) is 13.5. The molecule has 0 saturated carbocycles. The Morgan fingerprint density at radius 3 is 2.67 bits per heavy atom. The van der Waals surface area contributed by atoms with Crippen molar-refractivity contribution in [3.05, 3.63) is 72.8 Å². The summed E-state index contributed by atoms with van der Waals surface area (Å²) in [7, 11) is 3.29. The Balaban J connectivity index is 1.54. The van der Waals surface area contributed by atoms with Crippen LogP contribution in [0.3, 0.4) is 0 Å². The molecule has 0 aliphatic carbocycles. The van der Waals surface area contributed by atoms with Gasteiger partial charge >= 0.3 is 0 Å².